The van der Waals surface area contributed by atoms with Gasteiger partial charge < -0.3 is 15.0 Å². The number of amidine groups is 1. The van der Waals surface area contributed by atoms with E-state index < -0.39 is 0 Å². The molecule has 1 aliphatic rings. The van der Waals surface area contributed by atoms with Gasteiger partial charge in [-0.15, -0.1) is 0 Å². The zero-order valence-corrected chi connectivity index (χ0v) is 14.2. The molecule has 6 nitrogen and oxygen atoms in total. The molecule has 1 fully saturated rings. The SMILES string of the molecule is CC[NH+](CC)CCOC(=O)c1ccc(N=C2CSC(=O)N2)cc1. The number of nitrogens with zero attached hydrogens (tertiary/aromatic N) is 1. The van der Waals surface area contributed by atoms with Crippen LogP contribution in [-0.4, -0.2) is 49.0 Å². The summed E-state index contributed by atoms with van der Waals surface area (Å²) in [5, 5.41) is 2.59. The van der Waals surface area contributed by atoms with Crippen molar-refractivity contribution in [2.75, 3.05) is 32.0 Å². The van der Waals surface area contributed by atoms with E-state index in [1.54, 1.807) is 24.3 Å². The number of esters is 1. The predicted octanol–water partition coefficient (Wildman–Crippen LogP) is 1.25. The minimum absolute atomic E-state index is 0.0840. The number of benzene rings is 1. The molecule has 0 bridgehead atoms. The standard InChI is InChI=1S/C16H21N3O3S/c1-3-19(4-2)9-10-22-15(20)12-5-7-13(8-6-12)17-14-11-23-16(21)18-14/h5-8H,3-4,9-11H2,1-2H3,(H,17,18,21)/p+1. The lowest BCUT2D eigenvalue weighted by molar-refractivity contribution is -0.896. The van der Waals surface area contributed by atoms with Gasteiger partial charge in [-0.3, -0.25) is 4.79 Å². The average molecular weight is 336 g/mol. The molecule has 124 valence electrons. The Kier molecular flexibility index (Phi) is 6.61. The van der Waals surface area contributed by atoms with Crippen molar-refractivity contribution >= 4 is 34.5 Å². The summed E-state index contributed by atoms with van der Waals surface area (Å²) in [7, 11) is 0. The van der Waals surface area contributed by atoms with E-state index in [4.69, 9.17) is 4.74 Å². The van der Waals surface area contributed by atoms with Crippen molar-refractivity contribution in [3.05, 3.63) is 29.8 Å². The topological polar surface area (TPSA) is 72.2 Å². The number of thioether (sulfide) groups is 1. The van der Waals surface area contributed by atoms with Crippen LogP contribution in [0.5, 0.6) is 0 Å². The van der Waals surface area contributed by atoms with Gasteiger partial charge in [0.25, 0.3) is 5.24 Å². The zero-order chi connectivity index (χ0) is 16.7. The maximum atomic E-state index is 12.0. The Morgan fingerprint density at radius 1 is 1.30 bits per heavy atom. The highest BCUT2D eigenvalue weighted by atomic mass is 32.2. The van der Waals surface area contributed by atoms with Crippen molar-refractivity contribution in [2.45, 2.75) is 13.8 Å². The van der Waals surface area contributed by atoms with Crippen molar-refractivity contribution < 1.29 is 19.2 Å². The van der Waals surface area contributed by atoms with Gasteiger partial charge in [0.05, 0.1) is 30.1 Å². The summed E-state index contributed by atoms with van der Waals surface area (Å²) in [6.07, 6.45) is 0. The van der Waals surface area contributed by atoms with E-state index in [2.05, 4.69) is 24.2 Å². The van der Waals surface area contributed by atoms with Gasteiger partial charge in [-0.05, 0) is 38.1 Å². The number of hydrogen-bond donors (Lipinski definition) is 2. The first-order chi connectivity index (χ1) is 11.1. The number of amides is 1. The fourth-order valence-electron chi connectivity index (χ4n) is 2.19. The number of quaternary nitrogens is 1. The van der Waals surface area contributed by atoms with Crippen LogP contribution in [0.1, 0.15) is 24.2 Å². The first-order valence-corrected chi connectivity index (χ1v) is 8.73. The summed E-state index contributed by atoms with van der Waals surface area (Å²) >= 11 is 1.19. The van der Waals surface area contributed by atoms with Crippen LogP contribution < -0.4 is 10.2 Å². The minimum Gasteiger partial charge on any atom is -0.456 e. The highest BCUT2D eigenvalue weighted by Gasteiger charge is 2.16. The first kappa shape index (κ1) is 17.5. The van der Waals surface area contributed by atoms with E-state index in [1.807, 2.05) is 0 Å². The molecule has 0 spiro atoms. The summed E-state index contributed by atoms with van der Waals surface area (Å²) in [5.74, 6) is 0.870. The maximum Gasteiger partial charge on any atom is 0.338 e. The van der Waals surface area contributed by atoms with Crippen molar-refractivity contribution in [2.24, 2.45) is 4.99 Å². The van der Waals surface area contributed by atoms with Gasteiger partial charge >= 0.3 is 5.97 Å². The molecule has 0 radical (unpaired) electrons. The number of carbonyl (C=O) groups excluding carboxylic acids is 2. The molecular weight excluding hydrogens is 314 g/mol. The Morgan fingerprint density at radius 3 is 2.57 bits per heavy atom. The Morgan fingerprint density at radius 2 is 2.00 bits per heavy atom. The smallest absolute Gasteiger partial charge is 0.338 e. The molecule has 0 saturated carbocycles. The van der Waals surface area contributed by atoms with E-state index in [1.165, 1.54) is 16.7 Å². The highest BCUT2D eigenvalue weighted by molar-refractivity contribution is 8.14. The van der Waals surface area contributed by atoms with E-state index in [9.17, 15) is 9.59 Å². The van der Waals surface area contributed by atoms with Crippen LogP contribution in [0.25, 0.3) is 0 Å². The molecule has 2 N–H and O–H groups in total. The van der Waals surface area contributed by atoms with Crippen LogP contribution in [0.2, 0.25) is 0 Å². The largest absolute Gasteiger partial charge is 0.456 e. The summed E-state index contributed by atoms with van der Waals surface area (Å²) in [4.78, 5) is 28.8. The van der Waals surface area contributed by atoms with Crippen molar-refractivity contribution in [3.8, 4) is 0 Å². The molecular formula is C16H22N3O3S+. The molecule has 1 heterocycles. The van der Waals surface area contributed by atoms with Crippen molar-refractivity contribution in [1.29, 1.82) is 0 Å². The fraction of sp³-hybridized carbons (Fsp3) is 0.438. The molecule has 2 rings (SSSR count). The van der Waals surface area contributed by atoms with Gasteiger partial charge in [-0.1, -0.05) is 11.8 Å². The summed E-state index contributed by atoms with van der Waals surface area (Å²) in [6.45, 7) is 7.53. The van der Waals surface area contributed by atoms with Crippen LogP contribution in [-0.2, 0) is 4.74 Å². The van der Waals surface area contributed by atoms with Crippen molar-refractivity contribution in [1.82, 2.24) is 5.32 Å². The molecule has 1 aromatic carbocycles. The van der Waals surface area contributed by atoms with Gasteiger partial charge in [-0.2, -0.15) is 0 Å². The predicted molar refractivity (Wildman–Crippen MR) is 91.7 cm³/mol. The summed E-state index contributed by atoms with van der Waals surface area (Å²) in [5.41, 5.74) is 1.21. The second-order valence-corrected chi connectivity index (χ2v) is 6.10. The van der Waals surface area contributed by atoms with Gasteiger partial charge in [0.15, 0.2) is 0 Å². The zero-order valence-electron chi connectivity index (χ0n) is 13.4. The molecule has 1 saturated heterocycles. The third kappa shape index (κ3) is 5.37. The highest BCUT2D eigenvalue weighted by Crippen LogP contribution is 2.17. The second kappa shape index (κ2) is 8.69. The molecule has 23 heavy (non-hydrogen) atoms. The van der Waals surface area contributed by atoms with Crippen LogP contribution in [0.3, 0.4) is 0 Å². The van der Waals surface area contributed by atoms with E-state index in [0.717, 1.165) is 19.6 Å². The van der Waals surface area contributed by atoms with E-state index >= 15 is 0 Å². The number of rotatable bonds is 7. The quantitative estimate of drug-likeness (QED) is 0.735. The lowest BCUT2D eigenvalue weighted by Gasteiger charge is -2.15. The first-order valence-electron chi connectivity index (χ1n) is 7.74. The molecule has 1 amide bonds. The Labute approximate surface area is 140 Å². The number of aliphatic imine (C=N–C) groups is 1. The number of ether oxygens (including phenoxy) is 1. The van der Waals surface area contributed by atoms with Gasteiger partial charge in [0.2, 0.25) is 0 Å². The Bertz CT molecular complexity index is 583. The van der Waals surface area contributed by atoms with E-state index in [0.29, 0.717) is 29.4 Å². The van der Waals surface area contributed by atoms with Crippen LogP contribution in [0.4, 0.5) is 10.5 Å². The molecule has 0 aromatic heterocycles. The normalized spacial score (nSPS) is 16.0. The van der Waals surface area contributed by atoms with Crippen LogP contribution in [0.15, 0.2) is 29.3 Å². The Balaban J connectivity index is 1.86. The number of likely N-dealkylation sites (N-methyl/N-ethyl adjacent to an activating group) is 1. The molecule has 1 aliphatic heterocycles. The number of nitrogens with one attached hydrogen (secondary N) is 2. The third-order valence-electron chi connectivity index (χ3n) is 3.64. The third-order valence-corrected chi connectivity index (χ3v) is 4.42. The van der Waals surface area contributed by atoms with Crippen LogP contribution in [0, 0.1) is 0 Å². The minimum atomic E-state index is -0.319. The summed E-state index contributed by atoms with van der Waals surface area (Å²) in [6, 6.07) is 6.87. The number of carbonyl (C=O) groups is 2. The van der Waals surface area contributed by atoms with Crippen LogP contribution >= 0.6 is 11.8 Å². The van der Waals surface area contributed by atoms with Gasteiger partial charge in [0, 0.05) is 0 Å². The molecule has 0 unspecified atom stereocenters. The van der Waals surface area contributed by atoms with E-state index in [-0.39, 0.29) is 11.2 Å². The van der Waals surface area contributed by atoms with Gasteiger partial charge in [-0.25, -0.2) is 9.79 Å². The summed E-state index contributed by atoms with van der Waals surface area (Å²) < 4.78 is 5.29. The molecule has 7 heteroatoms. The maximum absolute atomic E-state index is 12.0. The average Bonchev–Trinajstić information content (AvgIpc) is 2.97. The fourth-order valence-corrected chi connectivity index (χ4v) is 2.78. The van der Waals surface area contributed by atoms with Crippen molar-refractivity contribution in [3.63, 3.8) is 0 Å². The molecule has 0 atom stereocenters. The lowest BCUT2D eigenvalue weighted by Crippen LogP contribution is -3.11. The molecule has 1 aromatic rings. The Hall–Kier alpha value is -1.86. The lowest BCUT2D eigenvalue weighted by atomic mass is 10.2. The second-order valence-electron chi connectivity index (χ2n) is 5.15. The monoisotopic (exact) mass is 336 g/mol. The molecule has 0 aliphatic carbocycles. The number of hydrogen-bond acceptors (Lipinski definition) is 5. The van der Waals surface area contributed by atoms with Gasteiger partial charge in [0.1, 0.15) is 19.0 Å².